The Morgan fingerprint density at radius 3 is 2.65 bits per heavy atom. The zero-order chi connectivity index (χ0) is 21.0. The molecule has 4 aromatic heterocycles. The normalized spacial score (nSPS) is 11.1. The predicted octanol–water partition coefficient (Wildman–Crippen LogP) is 4.56. The molecule has 5 aromatic rings. The summed E-state index contributed by atoms with van der Waals surface area (Å²) < 4.78 is 10.7. The van der Waals surface area contributed by atoms with Crippen molar-refractivity contribution in [2.75, 3.05) is 12.4 Å². The number of nitrogens with one attached hydrogen (secondary N) is 1. The Morgan fingerprint density at radius 2 is 1.84 bits per heavy atom. The lowest BCUT2D eigenvalue weighted by molar-refractivity contribution is 0.178. The minimum Gasteiger partial charge on any atom is -0.377 e. The first-order valence-corrected chi connectivity index (χ1v) is 10.5. The van der Waals surface area contributed by atoms with Gasteiger partial charge in [-0.1, -0.05) is 35.5 Å². The van der Waals surface area contributed by atoms with E-state index in [9.17, 15) is 0 Å². The number of pyridine rings is 1. The summed E-state index contributed by atoms with van der Waals surface area (Å²) in [6.45, 7) is 0.663. The van der Waals surface area contributed by atoms with Crippen LogP contribution < -0.4 is 5.32 Å². The summed E-state index contributed by atoms with van der Waals surface area (Å²) in [6.07, 6.45) is 3.39. The Balaban J connectivity index is 1.48. The number of fused-ring (bicyclic) bond motifs is 1. The first kappa shape index (κ1) is 19.3. The third kappa shape index (κ3) is 4.00. The molecule has 154 valence electrons. The van der Waals surface area contributed by atoms with Crippen LogP contribution in [0.4, 0.5) is 5.82 Å². The number of ether oxygens (including phenoxy) is 1. The van der Waals surface area contributed by atoms with Gasteiger partial charge in [0.05, 0.1) is 11.9 Å². The SMILES string of the molecule is COCc1nc(NCc2nc(-c3ccncc3)no2)c2c(-c3ccccc3)csc2n1. The summed E-state index contributed by atoms with van der Waals surface area (Å²) in [5.74, 6) is 2.30. The average molecular weight is 430 g/mol. The van der Waals surface area contributed by atoms with Crippen LogP contribution in [-0.2, 0) is 17.9 Å². The number of rotatable bonds is 7. The second kappa shape index (κ2) is 8.58. The smallest absolute Gasteiger partial charge is 0.246 e. The number of methoxy groups -OCH3 is 1. The van der Waals surface area contributed by atoms with E-state index in [0.29, 0.717) is 36.5 Å². The Kier molecular flexibility index (Phi) is 5.34. The summed E-state index contributed by atoms with van der Waals surface area (Å²) in [6, 6.07) is 13.9. The molecular weight excluding hydrogens is 412 g/mol. The molecular formula is C22H18N6O2S. The zero-order valence-electron chi connectivity index (χ0n) is 16.6. The van der Waals surface area contributed by atoms with Crippen LogP contribution in [0.15, 0.2) is 64.8 Å². The fourth-order valence-corrected chi connectivity index (χ4v) is 4.21. The lowest BCUT2D eigenvalue weighted by atomic mass is 10.1. The van der Waals surface area contributed by atoms with Crippen LogP contribution in [0.25, 0.3) is 32.7 Å². The molecule has 8 nitrogen and oxygen atoms in total. The molecule has 5 rings (SSSR count). The van der Waals surface area contributed by atoms with E-state index >= 15 is 0 Å². The molecule has 9 heteroatoms. The summed E-state index contributed by atoms with van der Waals surface area (Å²) in [5.41, 5.74) is 3.04. The van der Waals surface area contributed by atoms with Crippen LogP contribution in [-0.4, -0.2) is 32.2 Å². The van der Waals surface area contributed by atoms with E-state index < -0.39 is 0 Å². The maximum atomic E-state index is 5.42. The van der Waals surface area contributed by atoms with Crippen molar-refractivity contribution < 1.29 is 9.26 Å². The van der Waals surface area contributed by atoms with Gasteiger partial charge in [0, 0.05) is 36.0 Å². The second-order valence-corrected chi connectivity index (χ2v) is 7.58. The summed E-state index contributed by atoms with van der Waals surface area (Å²) in [7, 11) is 1.63. The molecule has 0 aliphatic heterocycles. The number of hydrogen-bond acceptors (Lipinski definition) is 9. The highest BCUT2D eigenvalue weighted by molar-refractivity contribution is 7.17. The highest BCUT2D eigenvalue weighted by Crippen LogP contribution is 2.37. The number of hydrogen-bond donors (Lipinski definition) is 1. The lowest BCUT2D eigenvalue weighted by Crippen LogP contribution is -2.06. The largest absolute Gasteiger partial charge is 0.377 e. The molecule has 0 fully saturated rings. The molecule has 0 bridgehead atoms. The van der Waals surface area contributed by atoms with Gasteiger partial charge in [-0.05, 0) is 17.7 Å². The summed E-state index contributed by atoms with van der Waals surface area (Å²) in [5, 5.41) is 10.5. The van der Waals surface area contributed by atoms with Crippen LogP contribution in [0.2, 0.25) is 0 Å². The molecule has 31 heavy (non-hydrogen) atoms. The minimum absolute atomic E-state index is 0.329. The number of nitrogens with zero attached hydrogens (tertiary/aromatic N) is 5. The van der Waals surface area contributed by atoms with E-state index in [1.807, 2.05) is 30.3 Å². The fraction of sp³-hybridized carbons (Fsp3) is 0.136. The molecule has 0 radical (unpaired) electrons. The number of anilines is 1. The van der Waals surface area contributed by atoms with E-state index in [1.165, 1.54) is 0 Å². The molecule has 0 aliphatic carbocycles. The van der Waals surface area contributed by atoms with Crippen LogP contribution in [0.5, 0.6) is 0 Å². The molecule has 0 amide bonds. The maximum Gasteiger partial charge on any atom is 0.246 e. The zero-order valence-corrected chi connectivity index (χ0v) is 17.5. The molecule has 0 saturated carbocycles. The van der Waals surface area contributed by atoms with Gasteiger partial charge in [0.25, 0.3) is 0 Å². The van der Waals surface area contributed by atoms with E-state index in [1.54, 1.807) is 30.8 Å². The van der Waals surface area contributed by atoms with Crippen molar-refractivity contribution >= 4 is 27.4 Å². The van der Waals surface area contributed by atoms with E-state index in [0.717, 1.165) is 26.9 Å². The summed E-state index contributed by atoms with van der Waals surface area (Å²) >= 11 is 1.58. The lowest BCUT2D eigenvalue weighted by Gasteiger charge is -2.09. The molecule has 0 saturated heterocycles. The Labute approximate surface area is 182 Å². The molecule has 1 aromatic carbocycles. The van der Waals surface area contributed by atoms with Gasteiger partial charge in [-0.2, -0.15) is 4.98 Å². The number of aromatic nitrogens is 5. The number of thiophene rings is 1. The highest BCUT2D eigenvalue weighted by Gasteiger charge is 2.16. The topological polar surface area (TPSA) is 98.8 Å². The van der Waals surface area contributed by atoms with Crippen molar-refractivity contribution in [3.05, 3.63) is 72.0 Å². The second-order valence-electron chi connectivity index (χ2n) is 6.72. The third-order valence-corrected chi connectivity index (χ3v) is 5.52. The van der Waals surface area contributed by atoms with Gasteiger partial charge in [0.15, 0.2) is 5.82 Å². The van der Waals surface area contributed by atoms with Crippen molar-refractivity contribution in [3.63, 3.8) is 0 Å². The molecule has 0 aliphatic rings. The maximum absolute atomic E-state index is 5.42. The first-order chi connectivity index (χ1) is 15.3. The van der Waals surface area contributed by atoms with Crippen molar-refractivity contribution in [1.82, 2.24) is 25.1 Å². The van der Waals surface area contributed by atoms with Gasteiger partial charge in [-0.25, -0.2) is 9.97 Å². The molecule has 0 unspecified atom stereocenters. The highest BCUT2D eigenvalue weighted by atomic mass is 32.1. The monoisotopic (exact) mass is 430 g/mol. The average Bonchev–Trinajstić information content (AvgIpc) is 3.46. The third-order valence-electron chi connectivity index (χ3n) is 4.65. The van der Waals surface area contributed by atoms with Gasteiger partial charge in [-0.15, -0.1) is 11.3 Å². The standard InChI is InChI=1S/C22H18N6O2S/c1-29-12-17-25-21(19-16(13-31-22(19)26-17)14-5-3-2-4-6-14)24-11-18-27-20(28-30-18)15-7-9-23-10-8-15/h2-10,13H,11-12H2,1H3,(H,24,25,26). The van der Waals surface area contributed by atoms with Crippen LogP contribution >= 0.6 is 11.3 Å². The fourth-order valence-electron chi connectivity index (χ4n) is 3.24. The van der Waals surface area contributed by atoms with Crippen molar-refractivity contribution in [3.8, 4) is 22.5 Å². The Hall–Kier alpha value is -3.69. The van der Waals surface area contributed by atoms with Crippen LogP contribution in [0, 0.1) is 0 Å². The first-order valence-electron chi connectivity index (χ1n) is 9.61. The van der Waals surface area contributed by atoms with E-state index in [4.69, 9.17) is 14.2 Å². The van der Waals surface area contributed by atoms with Gasteiger partial charge >= 0.3 is 0 Å². The number of benzene rings is 1. The molecule has 4 heterocycles. The van der Waals surface area contributed by atoms with Crippen LogP contribution in [0.1, 0.15) is 11.7 Å². The van der Waals surface area contributed by atoms with Gasteiger partial charge in [0.2, 0.25) is 11.7 Å². The molecule has 0 atom stereocenters. The Bertz CT molecular complexity index is 1300. The van der Waals surface area contributed by atoms with E-state index in [2.05, 4.69) is 42.9 Å². The summed E-state index contributed by atoms with van der Waals surface area (Å²) in [4.78, 5) is 18.7. The molecule has 0 spiro atoms. The van der Waals surface area contributed by atoms with Gasteiger partial charge in [-0.3, -0.25) is 4.98 Å². The predicted molar refractivity (Wildman–Crippen MR) is 118 cm³/mol. The quantitative estimate of drug-likeness (QED) is 0.401. The Morgan fingerprint density at radius 1 is 1.00 bits per heavy atom. The van der Waals surface area contributed by atoms with Crippen molar-refractivity contribution in [2.24, 2.45) is 0 Å². The van der Waals surface area contributed by atoms with Gasteiger partial charge < -0.3 is 14.6 Å². The molecule has 1 N–H and O–H groups in total. The van der Waals surface area contributed by atoms with Gasteiger partial charge in [0.1, 0.15) is 17.3 Å². The van der Waals surface area contributed by atoms with Crippen molar-refractivity contribution in [1.29, 1.82) is 0 Å². The van der Waals surface area contributed by atoms with Crippen LogP contribution in [0.3, 0.4) is 0 Å². The van der Waals surface area contributed by atoms with E-state index in [-0.39, 0.29) is 0 Å². The minimum atomic E-state index is 0.329. The van der Waals surface area contributed by atoms with Crippen molar-refractivity contribution in [2.45, 2.75) is 13.2 Å².